The number of pyridine rings is 2. The van der Waals surface area contributed by atoms with Crippen LogP contribution in [0.25, 0.3) is 22.3 Å². The van der Waals surface area contributed by atoms with Crippen LogP contribution in [0.3, 0.4) is 0 Å². The number of halogens is 1. The Kier molecular flexibility index (Phi) is 5.10. The molecule has 0 fully saturated rings. The van der Waals surface area contributed by atoms with Gasteiger partial charge in [-0.15, -0.1) is 0 Å². The summed E-state index contributed by atoms with van der Waals surface area (Å²) >= 11 is 0. The minimum atomic E-state index is -1.88. The van der Waals surface area contributed by atoms with E-state index in [-0.39, 0.29) is 42.1 Å². The maximum atomic E-state index is 14.7. The summed E-state index contributed by atoms with van der Waals surface area (Å²) in [6, 6.07) is 5.01. The predicted molar refractivity (Wildman–Crippen MR) is 119 cm³/mol. The van der Waals surface area contributed by atoms with Crippen LogP contribution in [0.1, 0.15) is 54.0 Å². The first kappa shape index (κ1) is 21.7. The molecule has 2 aliphatic heterocycles. The summed E-state index contributed by atoms with van der Waals surface area (Å²) in [4.78, 5) is 30.3. The predicted octanol–water partition coefficient (Wildman–Crippen LogP) is 2.84. The summed E-state index contributed by atoms with van der Waals surface area (Å²) in [6.07, 6.45) is 2.04. The van der Waals surface area contributed by atoms with Gasteiger partial charge in [0.15, 0.2) is 5.60 Å². The number of aryl methyl sites for hydroxylation is 1. The minimum absolute atomic E-state index is 0.0709. The largest absolute Gasteiger partial charge is 0.458 e. The molecule has 0 unspecified atom stereocenters. The van der Waals surface area contributed by atoms with Crippen LogP contribution in [0.4, 0.5) is 4.39 Å². The molecule has 0 saturated heterocycles. The average molecular weight is 452 g/mol. The molecular formula is C25H25FN2O5. The van der Waals surface area contributed by atoms with E-state index >= 15 is 0 Å². The number of hydrogen-bond donors (Lipinski definition) is 2. The molecule has 0 radical (unpaired) electrons. The third kappa shape index (κ3) is 3.12. The van der Waals surface area contributed by atoms with Gasteiger partial charge in [-0.05, 0) is 55.9 Å². The lowest BCUT2D eigenvalue weighted by atomic mass is 9.86. The lowest BCUT2D eigenvalue weighted by Crippen LogP contribution is -2.44. The fourth-order valence-corrected chi connectivity index (χ4v) is 5.00. The Hall–Kier alpha value is -3.10. The van der Waals surface area contributed by atoms with Crippen LogP contribution in [-0.2, 0) is 34.7 Å². The number of aromatic nitrogens is 2. The van der Waals surface area contributed by atoms with Crippen molar-refractivity contribution in [2.24, 2.45) is 0 Å². The minimum Gasteiger partial charge on any atom is -0.458 e. The lowest BCUT2D eigenvalue weighted by molar-refractivity contribution is -0.172. The fourth-order valence-electron chi connectivity index (χ4n) is 5.00. The van der Waals surface area contributed by atoms with Crippen molar-refractivity contribution in [3.63, 3.8) is 0 Å². The summed E-state index contributed by atoms with van der Waals surface area (Å²) < 4.78 is 21.4. The highest BCUT2D eigenvalue weighted by molar-refractivity contribution is 5.88. The van der Waals surface area contributed by atoms with Gasteiger partial charge in [-0.25, -0.2) is 14.2 Å². The van der Waals surface area contributed by atoms with Crippen molar-refractivity contribution < 1.29 is 24.1 Å². The Morgan fingerprint density at radius 1 is 1.24 bits per heavy atom. The zero-order valence-electron chi connectivity index (χ0n) is 18.6. The van der Waals surface area contributed by atoms with Gasteiger partial charge in [0.25, 0.3) is 5.56 Å². The van der Waals surface area contributed by atoms with Crippen molar-refractivity contribution in [1.29, 1.82) is 0 Å². The fraction of sp³-hybridized carbons (Fsp3) is 0.400. The first-order chi connectivity index (χ1) is 15.8. The number of aliphatic hydroxyl groups is 2. The summed E-state index contributed by atoms with van der Waals surface area (Å²) in [5, 5.41) is 20.9. The van der Waals surface area contributed by atoms with E-state index in [0.29, 0.717) is 41.9 Å². The Morgan fingerprint density at radius 2 is 2.03 bits per heavy atom. The number of carbonyl (C=O) groups is 1. The number of ether oxygens (including phenoxy) is 1. The van der Waals surface area contributed by atoms with Gasteiger partial charge < -0.3 is 19.5 Å². The molecule has 7 nitrogen and oxygen atoms in total. The van der Waals surface area contributed by atoms with E-state index in [1.165, 1.54) is 6.07 Å². The van der Waals surface area contributed by atoms with Gasteiger partial charge in [0, 0.05) is 29.2 Å². The van der Waals surface area contributed by atoms with Crippen LogP contribution in [0.15, 0.2) is 23.0 Å². The molecular weight excluding hydrogens is 427 g/mol. The van der Waals surface area contributed by atoms with Crippen LogP contribution in [-0.4, -0.2) is 32.3 Å². The number of hydrogen-bond acceptors (Lipinski definition) is 6. The van der Waals surface area contributed by atoms with Gasteiger partial charge in [0.1, 0.15) is 12.4 Å². The molecule has 2 N–H and O–H groups in total. The van der Waals surface area contributed by atoms with Crippen LogP contribution in [0.2, 0.25) is 0 Å². The van der Waals surface area contributed by atoms with Gasteiger partial charge in [-0.2, -0.15) is 0 Å². The highest BCUT2D eigenvalue weighted by Gasteiger charge is 2.45. The van der Waals surface area contributed by atoms with E-state index in [1.54, 1.807) is 24.5 Å². The first-order valence-electron chi connectivity index (χ1n) is 11.2. The molecule has 0 bridgehead atoms. The van der Waals surface area contributed by atoms with Crippen molar-refractivity contribution in [3.8, 4) is 11.4 Å². The second-order valence-electron chi connectivity index (χ2n) is 8.81. The second-order valence-corrected chi connectivity index (χ2v) is 8.81. The Balaban J connectivity index is 1.71. The number of aliphatic hydroxyl groups excluding tert-OH is 1. The average Bonchev–Trinajstić information content (AvgIpc) is 3.16. The van der Waals surface area contributed by atoms with Crippen molar-refractivity contribution >= 4 is 16.9 Å². The Labute approximate surface area is 189 Å². The molecule has 0 saturated carbocycles. The van der Waals surface area contributed by atoms with Crippen molar-refractivity contribution in [2.45, 2.75) is 58.3 Å². The number of carbonyl (C=O) groups excluding carboxylic acids is 1. The standard InChI is InChI=1S/C25H25FN2O5/c1-3-25(32)18-9-21-22-14(11-28(21)23(30)17(18)12-33-24(25)31)8-16-15(6-4-5-7-29)13(2)19(26)10-20(16)27-22/h8-10,29,32H,3-7,11-12H2,1-2H3/t25-/m0/s1. The highest BCUT2D eigenvalue weighted by Crippen LogP contribution is 2.39. The number of unbranched alkanes of at least 4 members (excludes halogenated alkanes) is 1. The zero-order chi connectivity index (χ0) is 23.5. The lowest BCUT2D eigenvalue weighted by Gasteiger charge is -2.31. The summed E-state index contributed by atoms with van der Waals surface area (Å²) in [6.45, 7) is 3.60. The maximum Gasteiger partial charge on any atom is 0.343 e. The van der Waals surface area contributed by atoms with E-state index in [0.717, 1.165) is 22.9 Å². The second kappa shape index (κ2) is 7.74. The van der Waals surface area contributed by atoms with Crippen molar-refractivity contribution in [2.75, 3.05) is 6.61 Å². The van der Waals surface area contributed by atoms with Gasteiger partial charge in [0.2, 0.25) is 0 Å². The summed E-state index contributed by atoms with van der Waals surface area (Å²) in [5.74, 6) is -1.12. The molecule has 8 heteroatoms. The third-order valence-corrected chi connectivity index (χ3v) is 6.98. The first-order valence-corrected chi connectivity index (χ1v) is 11.2. The monoisotopic (exact) mass is 452 g/mol. The number of nitrogens with zero attached hydrogens (tertiary/aromatic N) is 2. The molecule has 1 aromatic carbocycles. The van der Waals surface area contributed by atoms with E-state index in [9.17, 15) is 19.1 Å². The van der Waals surface area contributed by atoms with Crippen molar-refractivity contribution in [1.82, 2.24) is 9.55 Å². The smallest absolute Gasteiger partial charge is 0.343 e. The molecule has 0 aliphatic carbocycles. The number of fused-ring (bicyclic) bond motifs is 5. The van der Waals surface area contributed by atoms with Gasteiger partial charge >= 0.3 is 5.97 Å². The van der Waals surface area contributed by atoms with Gasteiger partial charge in [-0.3, -0.25) is 4.79 Å². The number of cyclic esters (lactones) is 1. The maximum absolute atomic E-state index is 14.7. The molecule has 2 aromatic heterocycles. The van der Waals surface area contributed by atoms with Crippen molar-refractivity contribution in [3.05, 3.63) is 62.2 Å². The van der Waals surface area contributed by atoms with E-state index < -0.39 is 11.6 Å². The molecule has 2 aliphatic rings. The van der Waals surface area contributed by atoms with Crippen LogP contribution >= 0.6 is 0 Å². The Bertz CT molecular complexity index is 1380. The number of rotatable bonds is 5. The highest BCUT2D eigenvalue weighted by atomic mass is 19.1. The molecule has 4 heterocycles. The molecule has 0 spiro atoms. The van der Waals surface area contributed by atoms with E-state index in [4.69, 9.17) is 14.8 Å². The molecule has 3 aromatic rings. The molecule has 0 amide bonds. The molecule has 1 atom stereocenters. The molecule has 33 heavy (non-hydrogen) atoms. The van der Waals surface area contributed by atoms with E-state index in [1.807, 2.05) is 6.07 Å². The zero-order valence-corrected chi connectivity index (χ0v) is 18.6. The molecule has 5 rings (SSSR count). The SMILES string of the molecule is CC[C@@]1(O)C(=O)OCc2c1cc1n(c2=O)Cc2cc3c(CCCCO)c(C)c(F)cc3nc2-1. The number of esters is 1. The third-order valence-electron chi connectivity index (χ3n) is 6.98. The topological polar surface area (TPSA) is 102 Å². The van der Waals surface area contributed by atoms with Gasteiger partial charge in [0.05, 0.1) is 29.0 Å². The van der Waals surface area contributed by atoms with Crippen LogP contribution in [0.5, 0.6) is 0 Å². The quantitative estimate of drug-likeness (QED) is 0.357. The Morgan fingerprint density at radius 3 is 2.76 bits per heavy atom. The number of benzene rings is 1. The molecule has 172 valence electrons. The van der Waals surface area contributed by atoms with E-state index in [2.05, 4.69) is 0 Å². The summed E-state index contributed by atoms with van der Waals surface area (Å²) in [5.41, 5.74) is 2.09. The summed E-state index contributed by atoms with van der Waals surface area (Å²) in [7, 11) is 0. The normalized spacial score (nSPS) is 18.8. The van der Waals surface area contributed by atoms with Crippen LogP contribution < -0.4 is 5.56 Å². The van der Waals surface area contributed by atoms with Crippen LogP contribution in [0, 0.1) is 12.7 Å². The van der Waals surface area contributed by atoms with Gasteiger partial charge in [-0.1, -0.05) is 6.92 Å².